The summed E-state index contributed by atoms with van der Waals surface area (Å²) in [5.41, 5.74) is 0.648. The zero-order chi connectivity index (χ0) is 15.0. The van der Waals surface area contributed by atoms with Crippen molar-refractivity contribution in [2.75, 3.05) is 33.7 Å². The first-order valence-corrected chi connectivity index (χ1v) is 6.41. The Morgan fingerprint density at radius 1 is 1.30 bits per heavy atom. The molecule has 0 saturated carbocycles. The highest BCUT2D eigenvalue weighted by Gasteiger charge is 2.14. The van der Waals surface area contributed by atoms with Crippen LogP contribution in [0.2, 0.25) is 0 Å². The molecule has 0 bridgehead atoms. The molecule has 1 aromatic heterocycles. The van der Waals surface area contributed by atoms with Crippen LogP contribution in [0.3, 0.4) is 0 Å². The van der Waals surface area contributed by atoms with Crippen molar-refractivity contribution in [3.8, 4) is 0 Å². The van der Waals surface area contributed by atoms with Gasteiger partial charge >= 0.3 is 11.8 Å². The molecule has 7 nitrogen and oxygen atoms in total. The number of aliphatic hydroxyl groups excluding tert-OH is 1. The smallest absolute Gasteiger partial charge is 0.309 e. The lowest BCUT2D eigenvalue weighted by Gasteiger charge is -2.11. The molecule has 7 heteroatoms. The zero-order valence-corrected chi connectivity index (χ0v) is 11.8. The van der Waals surface area contributed by atoms with Gasteiger partial charge in [0.1, 0.15) is 0 Å². The molecule has 20 heavy (non-hydrogen) atoms. The molecule has 0 aromatic carbocycles. The van der Waals surface area contributed by atoms with Crippen molar-refractivity contribution in [2.45, 2.75) is 12.5 Å². The van der Waals surface area contributed by atoms with Crippen molar-refractivity contribution in [1.82, 2.24) is 15.5 Å². The maximum atomic E-state index is 11.4. The SMILES string of the molecule is CN(C)CCNC(=O)C(=O)NCCC(O)c1ccoc1. The van der Waals surface area contributed by atoms with E-state index in [9.17, 15) is 14.7 Å². The highest BCUT2D eigenvalue weighted by Crippen LogP contribution is 2.15. The van der Waals surface area contributed by atoms with Gasteiger partial charge in [0.25, 0.3) is 0 Å². The Labute approximate surface area is 117 Å². The number of furan rings is 1. The van der Waals surface area contributed by atoms with Crippen molar-refractivity contribution in [3.63, 3.8) is 0 Å². The maximum Gasteiger partial charge on any atom is 0.309 e. The number of rotatable bonds is 7. The second kappa shape index (κ2) is 8.34. The van der Waals surface area contributed by atoms with Crippen LogP contribution in [0.15, 0.2) is 23.0 Å². The van der Waals surface area contributed by atoms with Gasteiger partial charge in [0.2, 0.25) is 0 Å². The Bertz CT molecular complexity index is 417. The fraction of sp³-hybridized carbons (Fsp3) is 0.538. The first-order valence-electron chi connectivity index (χ1n) is 6.41. The summed E-state index contributed by atoms with van der Waals surface area (Å²) in [7, 11) is 3.76. The van der Waals surface area contributed by atoms with E-state index in [4.69, 9.17) is 4.42 Å². The van der Waals surface area contributed by atoms with Crippen LogP contribution in [0, 0.1) is 0 Å². The van der Waals surface area contributed by atoms with Gasteiger partial charge in [-0.25, -0.2) is 0 Å². The van der Waals surface area contributed by atoms with Crippen molar-refractivity contribution >= 4 is 11.8 Å². The Morgan fingerprint density at radius 2 is 1.95 bits per heavy atom. The molecule has 0 spiro atoms. The van der Waals surface area contributed by atoms with Crippen LogP contribution >= 0.6 is 0 Å². The second-order valence-corrected chi connectivity index (χ2v) is 4.68. The van der Waals surface area contributed by atoms with Crippen molar-refractivity contribution in [2.24, 2.45) is 0 Å². The van der Waals surface area contributed by atoms with Gasteiger partial charge in [-0.05, 0) is 26.6 Å². The van der Waals surface area contributed by atoms with E-state index < -0.39 is 17.9 Å². The monoisotopic (exact) mass is 283 g/mol. The molecule has 1 atom stereocenters. The number of hydrogen-bond donors (Lipinski definition) is 3. The molecule has 112 valence electrons. The van der Waals surface area contributed by atoms with Gasteiger partial charge in [-0.1, -0.05) is 0 Å². The predicted octanol–water partition coefficient (Wildman–Crippen LogP) is -0.503. The van der Waals surface area contributed by atoms with E-state index in [0.29, 0.717) is 25.1 Å². The molecular formula is C13H21N3O4. The van der Waals surface area contributed by atoms with Gasteiger partial charge in [-0.2, -0.15) is 0 Å². The predicted molar refractivity (Wildman–Crippen MR) is 72.9 cm³/mol. The summed E-state index contributed by atoms with van der Waals surface area (Å²) >= 11 is 0. The third-order valence-corrected chi connectivity index (χ3v) is 2.68. The number of nitrogens with one attached hydrogen (secondary N) is 2. The Kier molecular flexibility index (Phi) is 6.75. The van der Waals surface area contributed by atoms with E-state index in [-0.39, 0.29) is 6.54 Å². The molecule has 3 N–H and O–H groups in total. The summed E-state index contributed by atoms with van der Waals surface area (Å²) in [5.74, 6) is -1.35. The average Bonchev–Trinajstić information content (AvgIpc) is 2.91. The van der Waals surface area contributed by atoms with Crippen LogP contribution in [0.25, 0.3) is 0 Å². The molecule has 0 fully saturated rings. The lowest BCUT2D eigenvalue weighted by molar-refractivity contribution is -0.139. The summed E-state index contributed by atoms with van der Waals surface area (Å²) in [6.07, 6.45) is 2.51. The summed E-state index contributed by atoms with van der Waals surface area (Å²) in [6.45, 7) is 1.29. The lowest BCUT2D eigenvalue weighted by atomic mass is 10.1. The Hall–Kier alpha value is -1.86. The Balaban J connectivity index is 2.17. The highest BCUT2D eigenvalue weighted by atomic mass is 16.3. The van der Waals surface area contributed by atoms with Crippen molar-refractivity contribution in [3.05, 3.63) is 24.2 Å². The Morgan fingerprint density at radius 3 is 2.50 bits per heavy atom. The minimum absolute atomic E-state index is 0.215. The molecule has 1 aromatic rings. The molecular weight excluding hydrogens is 262 g/mol. The second-order valence-electron chi connectivity index (χ2n) is 4.68. The largest absolute Gasteiger partial charge is 0.472 e. The third kappa shape index (κ3) is 5.85. The fourth-order valence-electron chi connectivity index (χ4n) is 1.51. The van der Waals surface area contributed by atoms with Crippen LogP contribution in [0.4, 0.5) is 0 Å². The van der Waals surface area contributed by atoms with Crippen LogP contribution in [-0.4, -0.2) is 55.6 Å². The molecule has 2 amide bonds. The minimum atomic E-state index is -0.717. The van der Waals surface area contributed by atoms with Crippen molar-refractivity contribution < 1.29 is 19.1 Å². The van der Waals surface area contributed by atoms with E-state index in [2.05, 4.69) is 10.6 Å². The minimum Gasteiger partial charge on any atom is -0.472 e. The van der Waals surface area contributed by atoms with E-state index >= 15 is 0 Å². The highest BCUT2D eigenvalue weighted by molar-refractivity contribution is 6.35. The van der Waals surface area contributed by atoms with E-state index in [0.717, 1.165) is 0 Å². The molecule has 0 aliphatic carbocycles. The van der Waals surface area contributed by atoms with Crippen LogP contribution in [-0.2, 0) is 9.59 Å². The molecule has 1 rings (SSSR count). The van der Waals surface area contributed by atoms with E-state index in [1.54, 1.807) is 6.07 Å². The molecule has 0 saturated heterocycles. The first-order chi connectivity index (χ1) is 9.50. The summed E-state index contributed by atoms with van der Waals surface area (Å²) in [6, 6.07) is 1.65. The van der Waals surface area contributed by atoms with Gasteiger partial charge < -0.3 is 25.1 Å². The summed E-state index contributed by atoms with van der Waals surface area (Å²) < 4.78 is 4.85. The summed E-state index contributed by atoms with van der Waals surface area (Å²) in [5, 5.41) is 14.7. The first kappa shape index (κ1) is 16.2. The van der Waals surface area contributed by atoms with E-state index in [1.165, 1.54) is 12.5 Å². The number of amides is 2. The van der Waals surface area contributed by atoms with Crippen molar-refractivity contribution in [1.29, 1.82) is 0 Å². The average molecular weight is 283 g/mol. The van der Waals surface area contributed by atoms with Gasteiger partial charge in [0.05, 0.1) is 18.6 Å². The standard InChI is InChI=1S/C13H21N3O4/c1-16(2)7-6-15-13(19)12(18)14-5-3-11(17)10-4-8-20-9-10/h4,8-9,11,17H,3,5-7H2,1-2H3,(H,14,18)(H,15,19). The fourth-order valence-corrected chi connectivity index (χ4v) is 1.51. The normalized spacial score (nSPS) is 12.2. The van der Waals surface area contributed by atoms with Gasteiger partial charge in [0, 0.05) is 25.2 Å². The van der Waals surface area contributed by atoms with Gasteiger partial charge in [-0.15, -0.1) is 0 Å². The number of nitrogens with zero attached hydrogens (tertiary/aromatic N) is 1. The molecule has 1 heterocycles. The number of carbonyl (C=O) groups excluding carboxylic acids is 2. The number of carbonyl (C=O) groups is 2. The molecule has 0 aliphatic rings. The van der Waals surface area contributed by atoms with E-state index in [1.807, 2.05) is 19.0 Å². The number of hydrogen-bond acceptors (Lipinski definition) is 5. The molecule has 0 aliphatic heterocycles. The van der Waals surface area contributed by atoms with Gasteiger partial charge in [0.15, 0.2) is 0 Å². The quantitative estimate of drug-likeness (QED) is 0.586. The van der Waals surface area contributed by atoms with Gasteiger partial charge in [-0.3, -0.25) is 9.59 Å². The third-order valence-electron chi connectivity index (χ3n) is 2.68. The maximum absolute atomic E-state index is 11.4. The lowest BCUT2D eigenvalue weighted by Crippen LogP contribution is -2.42. The van der Waals surface area contributed by atoms with Crippen LogP contribution in [0.1, 0.15) is 18.1 Å². The molecule has 0 radical (unpaired) electrons. The van der Waals surface area contributed by atoms with Crippen LogP contribution in [0.5, 0.6) is 0 Å². The summed E-state index contributed by atoms with van der Waals surface area (Å²) in [4.78, 5) is 24.8. The topological polar surface area (TPSA) is 94.8 Å². The zero-order valence-electron chi connectivity index (χ0n) is 11.8. The number of likely N-dealkylation sites (N-methyl/N-ethyl adjacent to an activating group) is 1. The van der Waals surface area contributed by atoms with Crippen LogP contribution < -0.4 is 10.6 Å². The number of aliphatic hydroxyl groups is 1. The molecule has 1 unspecified atom stereocenters.